The maximum Gasteiger partial charge on any atom is 0.116 e. The van der Waals surface area contributed by atoms with Crippen molar-refractivity contribution in [3.05, 3.63) is 144 Å². The maximum atomic E-state index is 3.95. The summed E-state index contributed by atoms with van der Waals surface area (Å²) in [5.74, 6) is 0. The van der Waals surface area contributed by atoms with Crippen molar-refractivity contribution in [2.45, 2.75) is 0 Å². The van der Waals surface area contributed by atoms with Crippen LogP contribution >= 0.6 is 27.3 Å². The van der Waals surface area contributed by atoms with E-state index in [2.05, 4.69) is 165 Å². The molecule has 0 radical (unpaired) electrons. The lowest BCUT2D eigenvalue weighted by Crippen LogP contribution is -1.92. The zero-order valence-corrected chi connectivity index (χ0v) is 24.9. The van der Waals surface area contributed by atoms with Crippen molar-refractivity contribution < 1.29 is 0 Å². The molecule has 2 nitrogen and oxygen atoms in total. The van der Waals surface area contributed by atoms with Crippen LogP contribution in [-0.2, 0) is 0 Å². The van der Waals surface area contributed by atoms with E-state index in [9.17, 15) is 0 Å². The Balaban J connectivity index is 1.27. The first kappa shape index (κ1) is 24.0. The number of benzene rings is 6. The Hall–Kier alpha value is -4.64. The summed E-state index contributed by atoms with van der Waals surface area (Å²) >= 11 is 5.77. The van der Waals surface area contributed by atoms with Crippen LogP contribution in [0.15, 0.2) is 144 Å². The molecule has 0 aliphatic heterocycles. The first-order valence-corrected chi connectivity index (χ1v) is 15.7. The molecule has 0 aliphatic carbocycles. The van der Waals surface area contributed by atoms with Gasteiger partial charge >= 0.3 is 0 Å². The molecule has 3 heterocycles. The van der Waals surface area contributed by atoms with Crippen LogP contribution in [0.25, 0.3) is 75.5 Å². The van der Waals surface area contributed by atoms with Gasteiger partial charge in [0.2, 0.25) is 0 Å². The summed E-state index contributed by atoms with van der Waals surface area (Å²) in [5.41, 5.74) is 8.51. The number of para-hydroxylation sites is 3. The smallest absolute Gasteiger partial charge is 0.116 e. The lowest BCUT2D eigenvalue weighted by atomic mass is 10.0. The maximum absolute atomic E-state index is 3.95. The summed E-state index contributed by atoms with van der Waals surface area (Å²) in [6.45, 7) is 0. The van der Waals surface area contributed by atoms with E-state index in [0.29, 0.717) is 0 Å². The fraction of sp³-hybridized carbons (Fsp3) is 0. The minimum absolute atomic E-state index is 1.15. The highest BCUT2D eigenvalue weighted by atomic mass is 79.9. The van der Waals surface area contributed by atoms with Gasteiger partial charge in [0.1, 0.15) is 5.00 Å². The molecule has 6 aromatic carbocycles. The van der Waals surface area contributed by atoms with Gasteiger partial charge in [0.15, 0.2) is 0 Å². The van der Waals surface area contributed by atoms with Gasteiger partial charge in [0.05, 0.1) is 26.5 Å². The summed E-state index contributed by atoms with van der Waals surface area (Å²) in [5, 5.41) is 7.53. The van der Waals surface area contributed by atoms with E-state index >= 15 is 0 Å². The van der Waals surface area contributed by atoms with Gasteiger partial charge in [-0.05, 0) is 81.7 Å². The summed E-state index contributed by atoms with van der Waals surface area (Å²) < 4.78 is 7.22. The molecule has 0 unspecified atom stereocenters. The van der Waals surface area contributed by atoms with Crippen LogP contribution in [0, 0.1) is 0 Å². The van der Waals surface area contributed by atoms with E-state index in [1.165, 1.54) is 75.5 Å². The van der Waals surface area contributed by atoms with Gasteiger partial charge in [-0.15, -0.1) is 11.3 Å². The molecule has 0 aliphatic rings. The minimum atomic E-state index is 1.15. The Labute approximate surface area is 254 Å². The molecule has 0 spiro atoms. The summed E-state index contributed by atoms with van der Waals surface area (Å²) in [6, 6.07) is 50.6. The van der Waals surface area contributed by atoms with Crippen LogP contribution in [-0.4, -0.2) is 9.13 Å². The second-order valence-corrected chi connectivity index (χ2v) is 12.5. The van der Waals surface area contributed by atoms with Crippen LogP contribution < -0.4 is 0 Å². The number of rotatable bonds is 3. The summed E-state index contributed by atoms with van der Waals surface area (Å²) in [4.78, 5) is 0. The van der Waals surface area contributed by atoms with Crippen LogP contribution in [0.2, 0.25) is 0 Å². The molecular weight excluding hydrogens is 596 g/mol. The molecular formula is C38H23BrN2S. The molecule has 9 aromatic rings. The molecule has 9 rings (SSSR count). The van der Waals surface area contributed by atoms with Crippen LogP contribution in [0.4, 0.5) is 0 Å². The first-order valence-electron chi connectivity index (χ1n) is 14.1. The summed E-state index contributed by atoms with van der Waals surface area (Å²) in [7, 11) is 0. The summed E-state index contributed by atoms with van der Waals surface area (Å²) in [6.07, 6.45) is 0. The van der Waals surface area contributed by atoms with Crippen LogP contribution in [0.1, 0.15) is 0 Å². The van der Waals surface area contributed by atoms with Crippen molar-refractivity contribution in [1.82, 2.24) is 9.13 Å². The Morgan fingerprint density at radius 1 is 0.429 bits per heavy atom. The van der Waals surface area contributed by atoms with Gasteiger partial charge in [-0.1, -0.05) is 84.9 Å². The predicted octanol–water partition coefficient (Wildman–Crippen LogP) is 11.5. The zero-order valence-electron chi connectivity index (χ0n) is 22.5. The average molecular weight is 620 g/mol. The number of hydrogen-bond acceptors (Lipinski definition) is 1. The molecule has 0 bridgehead atoms. The Kier molecular flexibility index (Phi) is 5.25. The number of halogens is 1. The molecule has 0 atom stereocenters. The van der Waals surface area contributed by atoms with Gasteiger partial charge in [0, 0.05) is 37.3 Å². The molecule has 4 heteroatoms. The SMILES string of the molecule is Brc1c(-n2c3ccccc3c3cc(-c4ccc5c(c4)c4ccccc4n5-c4ccccc4)ccc32)sc2ccccc12. The van der Waals surface area contributed by atoms with E-state index in [0.717, 1.165) is 4.47 Å². The van der Waals surface area contributed by atoms with Crippen molar-refractivity contribution in [2.75, 3.05) is 0 Å². The molecule has 198 valence electrons. The number of hydrogen-bond donors (Lipinski definition) is 0. The zero-order chi connectivity index (χ0) is 27.8. The molecule has 0 saturated heterocycles. The monoisotopic (exact) mass is 618 g/mol. The fourth-order valence-electron chi connectivity index (χ4n) is 6.52. The lowest BCUT2D eigenvalue weighted by molar-refractivity contribution is 1.18. The van der Waals surface area contributed by atoms with Gasteiger partial charge in [0.25, 0.3) is 0 Å². The molecule has 0 saturated carbocycles. The van der Waals surface area contributed by atoms with Crippen LogP contribution in [0.5, 0.6) is 0 Å². The standard InChI is InChI=1S/C38H23BrN2S/c39-37-29-14-6-9-17-36(29)42-38(37)41-33-16-8-5-13-28(33)31-23-25(19-21-35(31)41)24-18-20-34-30(22-24)27-12-4-7-15-32(27)40(34)26-10-2-1-3-11-26/h1-23H. The quantitative estimate of drug-likeness (QED) is 0.186. The Bertz CT molecular complexity index is 2480. The number of nitrogens with zero attached hydrogens (tertiary/aromatic N) is 2. The highest BCUT2D eigenvalue weighted by Crippen LogP contribution is 2.43. The van der Waals surface area contributed by atoms with Gasteiger partial charge < -0.3 is 4.57 Å². The first-order chi connectivity index (χ1) is 20.8. The van der Waals surface area contributed by atoms with Gasteiger partial charge in [-0.2, -0.15) is 0 Å². The Morgan fingerprint density at radius 2 is 0.929 bits per heavy atom. The van der Waals surface area contributed by atoms with E-state index in [1.54, 1.807) is 0 Å². The van der Waals surface area contributed by atoms with E-state index in [4.69, 9.17) is 0 Å². The third-order valence-corrected chi connectivity index (χ3v) is 10.6. The fourth-order valence-corrected chi connectivity index (χ4v) is 8.54. The van der Waals surface area contributed by atoms with Crippen molar-refractivity contribution in [3.63, 3.8) is 0 Å². The third-order valence-electron chi connectivity index (χ3n) is 8.41. The van der Waals surface area contributed by atoms with Crippen molar-refractivity contribution in [3.8, 4) is 21.8 Å². The van der Waals surface area contributed by atoms with E-state index < -0.39 is 0 Å². The largest absolute Gasteiger partial charge is 0.309 e. The Morgan fingerprint density at radius 3 is 1.57 bits per heavy atom. The molecule has 0 amide bonds. The van der Waals surface area contributed by atoms with Crippen molar-refractivity contribution in [1.29, 1.82) is 0 Å². The second kappa shape index (κ2) is 9.18. The highest BCUT2D eigenvalue weighted by Gasteiger charge is 2.19. The number of aromatic nitrogens is 2. The normalized spacial score (nSPS) is 11.9. The van der Waals surface area contributed by atoms with E-state index in [-0.39, 0.29) is 0 Å². The second-order valence-electron chi connectivity index (χ2n) is 10.7. The van der Waals surface area contributed by atoms with Crippen molar-refractivity contribution >= 4 is 81.0 Å². The average Bonchev–Trinajstić information content (AvgIpc) is 3.68. The molecule has 42 heavy (non-hydrogen) atoms. The molecule has 3 aromatic heterocycles. The van der Waals surface area contributed by atoms with Crippen molar-refractivity contribution in [2.24, 2.45) is 0 Å². The lowest BCUT2D eigenvalue weighted by Gasteiger charge is -2.09. The number of fused-ring (bicyclic) bond motifs is 7. The number of thiophene rings is 1. The third kappa shape index (κ3) is 3.43. The highest BCUT2D eigenvalue weighted by molar-refractivity contribution is 9.10. The molecule has 0 fully saturated rings. The topological polar surface area (TPSA) is 9.86 Å². The predicted molar refractivity (Wildman–Crippen MR) is 184 cm³/mol. The van der Waals surface area contributed by atoms with E-state index in [1.807, 2.05) is 11.3 Å². The van der Waals surface area contributed by atoms with Crippen LogP contribution in [0.3, 0.4) is 0 Å². The minimum Gasteiger partial charge on any atom is -0.309 e. The molecule has 0 N–H and O–H groups in total. The van der Waals surface area contributed by atoms with Gasteiger partial charge in [-0.3, -0.25) is 4.57 Å². The van der Waals surface area contributed by atoms with Gasteiger partial charge in [-0.25, -0.2) is 0 Å².